The quantitative estimate of drug-likeness (QED) is 0.383. The molecule has 0 spiro atoms. The molecular formula is C20H38N6O6. The fourth-order valence-electron chi connectivity index (χ4n) is 3.14. The van der Waals surface area contributed by atoms with Crippen LogP contribution in [0.25, 0.3) is 0 Å². The molecule has 184 valence electrons. The number of hydrogen-bond acceptors (Lipinski definition) is 10. The molecule has 0 aromatic heterocycles. The summed E-state index contributed by atoms with van der Waals surface area (Å²) in [6, 6.07) is 0. The Bertz CT molecular complexity index is 639. The van der Waals surface area contributed by atoms with E-state index in [-0.39, 0.29) is 13.2 Å². The van der Waals surface area contributed by atoms with Crippen LogP contribution in [0.4, 0.5) is 0 Å². The fourth-order valence-corrected chi connectivity index (χ4v) is 3.14. The number of nitrogens with zero attached hydrogens (tertiary/aromatic N) is 6. The molecule has 2 aliphatic rings. The highest BCUT2D eigenvalue weighted by Crippen LogP contribution is 2.24. The van der Waals surface area contributed by atoms with Crippen molar-refractivity contribution in [2.75, 3.05) is 52.5 Å². The fraction of sp³-hybridized carbons (Fsp3) is 0.800. The summed E-state index contributed by atoms with van der Waals surface area (Å²) in [7, 11) is 0. The highest BCUT2D eigenvalue weighted by atomic mass is 16.4. The van der Waals surface area contributed by atoms with Crippen LogP contribution in [0.1, 0.15) is 41.5 Å². The van der Waals surface area contributed by atoms with Gasteiger partial charge in [0.2, 0.25) is 0 Å². The van der Waals surface area contributed by atoms with Crippen LogP contribution < -0.4 is 0 Å². The number of carboxylic acids is 2. The molecule has 12 nitrogen and oxygen atoms in total. The van der Waals surface area contributed by atoms with Crippen molar-refractivity contribution in [3.05, 3.63) is 0 Å². The van der Waals surface area contributed by atoms with Gasteiger partial charge in [0.25, 0.3) is 11.9 Å². The van der Waals surface area contributed by atoms with Crippen molar-refractivity contribution in [3.8, 4) is 0 Å². The van der Waals surface area contributed by atoms with Crippen LogP contribution in [0.15, 0.2) is 20.2 Å². The average Bonchev–Trinajstić information content (AvgIpc) is 3.30. The van der Waals surface area contributed by atoms with Crippen molar-refractivity contribution in [3.63, 3.8) is 0 Å². The maximum atomic E-state index is 9.20. The number of β-amino-alcohol motifs (C(OH)–C–C–N with tert-alkyl or cyclic N) is 2. The third kappa shape index (κ3) is 10.6. The molecule has 0 amide bonds. The molecule has 0 unspecified atom stereocenters. The van der Waals surface area contributed by atoms with Crippen LogP contribution in [0, 0.1) is 0 Å². The molecule has 0 radical (unpaired) electrons. The van der Waals surface area contributed by atoms with E-state index in [2.05, 4.69) is 30.0 Å². The first-order valence-electron chi connectivity index (χ1n) is 10.4. The minimum atomic E-state index is -0.833. The molecule has 0 bridgehead atoms. The highest BCUT2D eigenvalue weighted by Gasteiger charge is 2.36. The van der Waals surface area contributed by atoms with Gasteiger partial charge in [-0.05, 0) is 27.7 Å². The standard InChI is InChI=1S/C16H30N6O2.2C2H4O2/c1-15(2,13-17-5-7-21(13)9-11-23)19-20-16(3,4)14-18-6-8-22(14)10-12-24;2*1-2(3)4/h23-24H,5-12H2,1-4H3;2*1H3,(H,3,4). The van der Waals surface area contributed by atoms with Gasteiger partial charge in [-0.3, -0.25) is 19.6 Å². The molecule has 0 aliphatic carbocycles. The number of aliphatic imine (C=N–C) groups is 2. The third-order valence-electron chi connectivity index (χ3n) is 4.25. The minimum absolute atomic E-state index is 0.102. The second kappa shape index (κ2) is 13.7. The van der Waals surface area contributed by atoms with Crippen LogP contribution in [0.3, 0.4) is 0 Å². The first kappa shape index (κ1) is 29.4. The van der Waals surface area contributed by atoms with Crippen LogP contribution >= 0.6 is 0 Å². The topological polar surface area (TPSA) is 171 Å². The monoisotopic (exact) mass is 458 g/mol. The molecule has 0 aromatic rings. The summed E-state index contributed by atoms with van der Waals surface area (Å²) in [5, 5.41) is 42.4. The van der Waals surface area contributed by atoms with Crippen molar-refractivity contribution in [2.24, 2.45) is 20.2 Å². The van der Waals surface area contributed by atoms with Gasteiger partial charge in [-0.2, -0.15) is 10.2 Å². The lowest BCUT2D eigenvalue weighted by Gasteiger charge is -2.31. The second-order valence-electron chi connectivity index (χ2n) is 8.19. The SMILES string of the molecule is CC(=O)O.CC(=O)O.CC(C)(N=NC(C)(C)C1=NCCN1CCO)C1=NCCN1CCO. The summed E-state index contributed by atoms with van der Waals surface area (Å²) in [6.45, 7) is 14.6. The van der Waals surface area contributed by atoms with Crippen LogP contribution in [-0.2, 0) is 9.59 Å². The Labute approximate surface area is 189 Å². The summed E-state index contributed by atoms with van der Waals surface area (Å²) in [6.07, 6.45) is 0. The van der Waals surface area contributed by atoms with Gasteiger partial charge in [-0.1, -0.05) is 0 Å². The van der Waals surface area contributed by atoms with Crippen molar-refractivity contribution in [1.82, 2.24) is 9.80 Å². The molecule has 0 atom stereocenters. The van der Waals surface area contributed by atoms with Gasteiger partial charge >= 0.3 is 0 Å². The van der Waals surface area contributed by atoms with Gasteiger partial charge in [-0.25, -0.2) is 0 Å². The number of aliphatic hydroxyl groups excluding tert-OH is 2. The lowest BCUT2D eigenvalue weighted by molar-refractivity contribution is -0.135. The Hall–Kier alpha value is -2.60. The van der Waals surface area contributed by atoms with E-state index >= 15 is 0 Å². The maximum absolute atomic E-state index is 9.20. The summed E-state index contributed by atoms with van der Waals surface area (Å²) >= 11 is 0. The van der Waals surface area contributed by atoms with Crippen LogP contribution in [0.2, 0.25) is 0 Å². The van der Waals surface area contributed by atoms with E-state index in [1.807, 2.05) is 27.7 Å². The van der Waals surface area contributed by atoms with Crippen LogP contribution in [-0.4, -0.2) is 117 Å². The van der Waals surface area contributed by atoms with E-state index < -0.39 is 23.0 Å². The predicted molar refractivity (Wildman–Crippen MR) is 122 cm³/mol. The van der Waals surface area contributed by atoms with E-state index in [0.29, 0.717) is 13.1 Å². The van der Waals surface area contributed by atoms with Crippen molar-refractivity contribution < 1.29 is 30.0 Å². The zero-order valence-corrected chi connectivity index (χ0v) is 19.9. The number of amidine groups is 2. The normalized spacial score (nSPS) is 16.1. The van der Waals surface area contributed by atoms with Crippen molar-refractivity contribution in [2.45, 2.75) is 52.6 Å². The molecule has 4 N–H and O–H groups in total. The molecule has 0 saturated carbocycles. The van der Waals surface area contributed by atoms with Gasteiger partial charge in [0.15, 0.2) is 0 Å². The first-order valence-corrected chi connectivity index (χ1v) is 10.4. The molecule has 0 aromatic carbocycles. The van der Waals surface area contributed by atoms with Gasteiger partial charge < -0.3 is 30.2 Å². The second-order valence-corrected chi connectivity index (χ2v) is 8.19. The first-order chi connectivity index (χ1) is 14.8. The van der Waals surface area contributed by atoms with Crippen molar-refractivity contribution in [1.29, 1.82) is 0 Å². The summed E-state index contributed by atoms with van der Waals surface area (Å²) in [5.41, 5.74) is -1.10. The number of carbonyl (C=O) groups is 2. The van der Waals surface area contributed by atoms with E-state index in [0.717, 1.165) is 51.7 Å². The van der Waals surface area contributed by atoms with E-state index in [1.54, 1.807) is 0 Å². The third-order valence-corrected chi connectivity index (χ3v) is 4.25. The molecule has 2 heterocycles. The Morgan fingerprint density at radius 1 is 0.812 bits per heavy atom. The number of rotatable bonds is 8. The number of azo groups is 1. The average molecular weight is 459 g/mol. The maximum Gasteiger partial charge on any atom is 0.300 e. The Morgan fingerprint density at radius 2 is 1.09 bits per heavy atom. The Kier molecular flexibility index (Phi) is 12.6. The van der Waals surface area contributed by atoms with Gasteiger partial charge in [-0.15, -0.1) is 0 Å². The van der Waals surface area contributed by atoms with E-state index in [1.165, 1.54) is 0 Å². The molecule has 12 heteroatoms. The number of aliphatic carboxylic acids is 2. The zero-order chi connectivity index (χ0) is 24.9. The molecule has 0 fully saturated rings. The van der Waals surface area contributed by atoms with Gasteiger partial charge in [0, 0.05) is 40.0 Å². The van der Waals surface area contributed by atoms with E-state index in [4.69, 9.17) is 19.8 Å². The largest absolute Gasteiger partial charge is 0.481 e. The molecule has 32 heavy (non-hydrogen) atoms. The Morgan fingerprint density at radius 3 is 1.34 bits per heavy atom. The lowest BCUT2D eigenvalue weighted by atomic mass is 10.0. The number of aliphatic hydroxyl groups is 2. The number of hydrogen-bond donors (Lipinski definition) is 4. The summed E-state index contributed by atoms with van der Waals surface area (Å²) < 4.78 is 0. The Balaban J connectivity index is 0.00000104. The number of carboxylic acid groups (broad SMARTS) is 2. The molecule has 2 aliphatic heterocycles. The minimum Gasteiger partial charge on any atom is -0.481 e. The smallest absolute Gasteiger partial charge is 0.300 e. The molecular weight excluding hydrogens is 420 g/mol. The van der Waals surface area contributed by atoms with E-state index in [9.17, 15) is 10.2 Å². The summed E-state index contributed by atoms with van der Waals surface area (Å²) in [5.74, 6) is 0.0772. The predicted octanol–water partition coefficient (Wildman–Crippen LogP) is 0.590. The lowest BCUT2D eigenvalue weighted by Crippen LogP contribution is -2.45. The highest BCUT2D eigenvalue weighted by molar-refractivity contribution is 5.93. The van der Waals surface area contributed by atoms with Crippen molar-refractivity contribution >= 4 is 23.6 Å². The van der Waals surface area contributed by atoms with Gasteiger partial charge in [0.1, 0.15) is 22.7 Å². The zero-order valence-electron chi connectivity index (χ0n) is 19.9. The molecule has 0 saturated heterocycles. The molecule has 2 rings (SSSR count). The van der Waals surface area contributed by atoms with Gasteiger partial charge in [0.05, 0.1) is 26.3 Å². The van der Waals surface area contributed by atoms with Crippen LogP contribution in [0.5, 0.6) is 0 Å². The summed E-state index contributed by atoms with van der Waals surface area (Å²) in [4.78, 5) is 31.2.